The number of nitrogens with zero attached hydrogens (tertiary/aromatic N) is 7. The van der Waals surface area contributed by atoms with E-state index in [1.807, 2.05) is 6.07 Å². The smallest absolute Gasteiger partial charge is 0.380 e. The van der Waals surface area contributed by atoms with Gasteiger partial charge in [-0.25, -0.2) is 4.79 Å². The van der Waals surface area contributed by atoms with Gasteiger partial charge in [0.05, 0.1) is 42.7 Å². The molecule has 6 aromatic rings. The highest BCUT2D eigenvalue weighted by molar-refractivity contribution is 5.98. The number of pyridine rings is 1. The minimum absolute atomic E-state index is 0.00573. The molecule has 0 spiro atoms. The molecule has 3 aliphatic heterocycles. The molecule has 2 N–H and O–H groups in total. The number of aliphatic hydroxyl groups excluding tert-OH is 1. The fourth-order valence-electron chi connectivity index (χ4n) is 10.5. The second-order valence-corrected chi connectivity index (χ2v) is 19.6. The molecule has 0 aliphatic carbocycles. The number of carbonyl (C=O) groups is 3. The average Bonchev–Trinajstić information content (AvgIpc) is 3.97. The number of carbonyl (C=O) groups excluding carboxylic acids is 3. The summed E-state index contributed by atoms with van der Waals surface area (Å²) < 4.78 is 59.4. The van der Waals surface area contributed by atoms with Gasteiger partial charge in [0, 0.05) is 70.2 Å². The predicted molar refractivity (Wildman–Crippen MR) is 267 cm³/mol. The number of hydrogen-bond donors (Lipinski definition) is 2. The zero-order valence-electron chi connectivity index (χ0n) is 40.8. The van der Waals surface area contributed by atoms with Crippen LogP contribution in [-0.4, -0.2) is 97.3 Å². The number of benzene rings is 3. The normalized spacial score (nSPS) is 18.4. The molecule has 3 saturated heterocycles. The highest BCUT2D eigenvalue weighted by atomic mass is 19.4. The number of nitrogens with one attached hydrogen (secondary N) is 1. The van der Waals surface area contributed by atoms with Gasteiger partial charge < -0.3 is 24.0 Å². The van der Waals surface area contributed by atoms with E-state index in [4.69, 9.17) is 9.47 Å². The molecule has 0 radical (unpaired) electrons. The van der Waals surface area contributed by atoms with Gasteiger partial charge in [-0.3, -0.25) is 33.6 Å². The molecule has 3 fully saturated rings. The van der Waals surface area contributed by atoms with Gasteiger partial charge in [-0.15, -0.1) is 10.2 Å². The summed E-state index contributed by atoms with van der Waals surface area (Å²) in [5.74, 6) is -0.209. The van der Waals surface area contributed by atoms with Gasteiger partial charge in [0.15, 0.2) is 5.82 Å². The molecule has 0 bridgehead atoms. The first-order valence-electron chi connectivity index (χ1n) is 25.0. The quantitative estimate of drug-likeness (QED) is 0.0374. The van der Waals surface area contributed by atoms with Crippen LogP contribution in [0.1, 0.15) is 83.8 Å². The van der Waals surface area contributed by atoms with Crippen LogP contribution < -0.4 is 15.9 Å². The number of allylic oxidation sites excluding steroid dienone is 2. The number of ether oxygens (including phenoxy) is 2. The van der Waals surface area contributed by atoms with Crippen LogP contribution in [0.5, 0.6) is 0 Å². The number of fused-ring (bicyclic) bond motifs is 1. The maximum absolute atomic E-state index is 14.5. The summed E-state index contributed by atoms with van der Waals surface area (Å²) in [5.41, 5.74) is 3.88. The van der Waals surface area contributed by atoms with E-state index in [0.29, 0.717) is 87.7 Å². The third kappa shape index (κ3) is 12.6. The zero-order chi connectivity index (χ0) is 51.1. The summed E-state index contributed by atoms with van der Waals surface area (Å²) in [5, 5.41) is 21.1. The van der Waals surface area contributed by atoms with E-state index in [1.165, 1.54) is 30.4 Å². The number of aromatic nitrogens is 5. The molecule has 15 nitrogen and oxygen atoms in total. The van der Waals surface area contributed by atoms with Crippen molar-refractivity contribution in [2.45, 2.75) is 82.9 Å². The van der Waals surface area contributed by atoms with Crippen molar-refractivity contribution in [1.82, 2.24) is 33.9 Å². The van der Waals surface area contributed by atoms with E-state index in [-0.39, 0.29) is 47.6 Å². The molecule has 9 rings (SSSR count). The largest absolute Gasteiger partial charge is 0.418 e. The Hall–Kier alpha value is -6.73. The number of imide groups is 1. The molecule has 18 heteroatoms. The lowest BCUT2D eigenvalue weighted by molar-refractivity contribution is -0.138. The maximum atomic E-state index is 14.5. The average molecular weight is 1000 g/mol. The van der Waals surface area contributed by atoms with Crippen molar-refractivity contribution >= 4 is 29.3 Å². The van der Waals surface area contributed by atoms with E-state index in [1.54, 1.807) is 42.0 Å². The third-order valence-corrected chi connectivity index (χ3v) is 14.5. The Kier molecular flexibility index (Phi) is 16.1. The van der Waals surface area contributed by atoms with Gasteiger partial charge in [0.2, 0.25) is 11.8 Å². The molecule has 3 aliphatic rings. The van der Waals surface area contributed by atoms with Crippen LogP contribution in [-0.2, 0) is 63.1 Å². The summed E-state index contributed by atoms with van der Waals surface area (Å²) in [7, 11) is 1.68. The Bertz CT molecular complexity index is 2970. The summed E-state index contributed by atoms with van der Waals surface area (Å²) in [6.45, 7) is 4.72. The lowest BCUT2D eigenvalue weighted by Crippen LogP contribution is -2.43. The molecule has 3 aromatic heterocycles. The van der Waals surface area contributed by atoms with Crippen LogP contribution >= 0.6 is 0 Å². The van der Waals surface area contributed by atoms with E-state index in [2.05, 4.69) is 67.8 Å². The number of aldehydes is 1. The number of rotatable bonds is 19. The number of aliphatic hydroxyl groups is 1. The van der Waals surface area contributed by atoms with Gasteiger partial charge in [0.1, 0.15) is 18.7 Å². The van der Waals surface area contributed by atoms with Crippen LogP contribution in [0.15, 0.2) is 115 Å². The van der Waals surface area contributed by atoms with Gasteiger partial charge in [-0.05, 0) is 121 Å². The van der Waals surface area contributed by atoms with E-state index < -0.39 is 23.5 Å². The van der Waals surface area contributed by atoms with Crippen molar-refractivity contribution in [2.24, 2.45) is 24.8 Å². The lowest BCUT2D eigenvalue weighted by Gasteiger charge is -2.34. The summed E-state index contributed by atoms with van der Waals surface area (Å²) in [6, 6.07) is 24.6. The predicted octanol–water partition coefficient (Wildman–Crippen LogP) is 6.94. The van der Waals surface area contributed by atoms with Crippen molar-refractivity contribution in [3.8, 4) is 5.69 Å². The first kappa shape index (κ1) is 51.2. The summed E-state index contributed by atoms with van der Waals surface area (Å²) in [4.78, 5) is 53.7. The van der Waals surface area contributed by atoms with Crippen LogP contribution in [0.3, 0.4) is 0 Å². The Morgan fingerprint density at radius 2 is 1.60 bits per heavy atom. The van der Waals surface area contributed by atoms with Crippen LogP contribution in [0, 0.1) is 17.8 Å². The molecule has 2 amide bonds. The van der Waals surface area contributed by atoms with Gasteiger partial charge in [-0.2, -0.15) is 13.2 Å². The van der Waals surface area contributed by atoms with E-state index in [9.17, 15) is 37.5 Å². The number of aryl methyl sites for hydroxylation is 1. The summed E-state index contributed by atoms with van der Waals surface area (Å²) >= 11 is 0. The van der Waals surface area contributed by atoms with Crippen molar-refractivity contribution in [1.29, 1.82) is 0 Å². The molecule has 73 heavy (non-hydrogen) atoms. The molecule has 3 aromatic carbocycles. The molecule has 0 saturated carbocycles. The SMILES string of the molecule is Cn1cnnc1[C@H](O)c1cccc(-n2cc3c(C(F)(F)F)cc(CN4CCC(OCCOCc5ccc(CC6CCN(c7cccc(CC(/C=C/C=O)[C@@H]8CCC(=O)NC8=O)c7)CC6)cc5)CC4)cn3c2=O)c1. The summed E-state index contributed by atoms with van der Waals surface area (Å²) in [6.07, 6.45) is 8.17. The second kappa shape index (κ2) is 23.0. The van der Waals surface area contributed by atoms with E-state index >= 15 is 0 Å². The number of imidazole rings is 1. The molecular weight excluding hydrogens is 942 g/mol. The molecule has 6 heterocycles. The monoisotopic (exact) mass is 1000 g/mol. The number of alkyl halides is 3. The Morgan fingerprint density at radius 1 is 0.849 bits per heavy atom. The Balaban J connectivity index is 0.695. The van der Waals surface area contributed by atoms with Gasteiger partial charge in [-0.1, -0.05) is 54.6 Å². The van der Waals surface area contributed by atoms with Gasteiger partial charge in [0.25, 0.3) is 0 Å². The highest BCUT2D eigenvalue weighted by Crippen LogP contribution is 2.35. The Morgan fingerprint density at radius 3 is 2.33 bits per heavy atom. The minimum atomic E-state index is -4.71. The Labute approximate surface area is 421 Å². The van der Waals surface area contributed by atoms with Crippen molar-refractivity contribution in [3.05, 3.63) is 159 Å². The number of piperidine rings is 3. The number of likely N-dealkylation sites (tertiary alicyclic amines) is 1. The number of anilines is 1. The van der Waals surface area contributed by atoms with Crippen molar-refractivity contribution in [3.63, 3.8) is 0 Å². The second-order valence-electron chi connectivity index (χ2n) is 19.6. The first-order valence-corrected chi connectivity index (χ1v) is 25.0. The zero-order valence-corrected chi connectivity index (χ0v) is 40.8. The molecular formula is C55H61F3N8O7. The van der Waals surface area contributed by atoms with Gasteiger partial charge >= 0.3 is 11.9 Å². The third-order valence-electron chi connectivity index (χ3n) is 14.5. The lowest BCUT2D eigenvalue weighted by atomic mass is 9.81. The topological polar surface area (TPSA) is 166 Å². The number of halogens is 3. The molecule has 1 unspecified atom stereocenters. The van der Waals surface area contributed by atoms with Crippen LogP contribution in [0.4, 0.5) is 18.9 Å². The maximum Gasteiger partial charge on any atom is 0.418 e. The fourth-order valence-corrected chi connectivity index (χ4v) is 10.5. The standard InChI is InChI=1S/C55H61F3N8O7/c1-62-36-59-61-52(62)51(69)43-6-3-9-45(31-43)65-34-49-48(55(56,57)58)30-41(33-66(49)54(65)71)32-63-20-18-46(19-21-63)73-26-25-72-35-39-12-10-37(11-13-39)27-38-16-22-64(23-17-38)44-8-2-5-40(29-44)28-42(7-4-24-67)47-14-15-50(68)60-53(47)70/h2-13,24,29-31,33-34,36,38,42,46-47,51,69H,14-23,25-28,32,35H2,1H3,(H,60,68,70)/b7-4+/t42?,47-,51+/m0/s1. The van der Waals surface area contributed by atoms with Crippen LogP contribution in [0.25, 0.3) is 11.2 Å². The van der Waals surface area contributed by atoms with E-state index in [0.717, 1.165) is 70.5 Å². The highest BCUT2D eigenvalue weighted by Gasteiger charge is 2.36. The molecule has 384 valence electrons. The van der Waals surface area contributed by atoms with Crippen LogP contribution in [0.2, 0.25) is 0 Å². The molecule has 3 atom stereocenters. The first-order chi connectivity index (χ1) is 35.3. The van der Waals surface area contributed by atoms with Crippen molar-refractivity contribution in [2.75, 3.05) is 44.3 Å². The minimum Gasteiger partial charge on any atom is -0.380 e. The number of amides is 2. The van der Waals surface area contributed by atoms with Crippen molar-refractivity contribution < 1.29 is 42.1 Å². The fraction of sp³-hybridized carbons (Fsp3) is 0.418. The number of hydrogen-bond acceptors (Lipinski definition) is 11.